The third-order valence-corrected chi connectivity index (χ3v) is 4.16. The maximum Gasteiger partial charge on any atom is 0.111 e. The fraction of sp³-hybridized carbons (Fsp3) is 0.200. The highest BCUT2D eigenvalue weighted by atomic mass is 35.5. The van der Waals surface area contributed by atoms with E-state index < -0.39 is 0 Å². The molecule has 0 atom stereocenters. The largest absolute Gasteiger partial charge is 0.323 e. The second kappa shape index (κ2) is 6.22. The molecular weight excluding hydrogens is 329 g/mol. The van der Waals surface area contributed by atoms with Gasteiger partial charge in [0.15, 0.2) is 0 Å². The summed E-state index contributed by atoms with van der Waals surface area (Å²) in [4.78, 5) is 8.76. The van der Waals surface area contributed by atoms with Crippen LogP contribution in [0.5, 0.6) is 0 Å². The summed E-state index contributed by atoms with van der Waals surface area (Å²) >= 11 is 18.1. The number of aromatic nitrogens is 3. The van der Waals surface area contributed by atoms with Gasteiger partial charge in [0.05, 0.1) is 27.6 Å². The van der Waals surface area contributed by atoms with Gasteiger partial charge in [-0.15, -0.1) is 11.6 Å². The van der Waals surface area contributed by atoms with Crippen molar-refractivity contribution in [1.82, 2.24) is 14.5 Å². The van der Waals surface area contributed by atoms with Crippen LogP contribution in [-0.2, 0) is 13.0 Å². The molecule has 0 radical (unpaired) electrons. The Bertz CT molecular complexity index is 769. The van der Waals surface area contributed by atoms with Crippen LogP contribution < -0.4 is 0 Å². The van der Waals surface area contributed by atoms with Crippen LogP contribution in [0.3, 0.4) is 0 Å². The molecule has 108 valence electrons. The van der Waals surface area contributed by atoms with Gasteiger partial charge >= 0.3 is 0 Å². The van der Waals surface area contributed by atoms with Crippen molar-refractivity contribution in [2.45, 2.75) is 13.0 Å². The van der Waals surface area contributed by atoms with Gasteiger partial charge in [-0.1, -0.05) is 29.3 Å². The Morgan fingerprint density at radius 2 is 1.95 bits per heavy atom. The van der Waals surface area contributed by atoms with Crippen LogP contribution in [0.2, 0.25) is 10.0 Å². The van der Waals surface area contributed by atoms with Crippen molar-refractivity contribution >= 4 is 45.8 Å². The predicted molar refractivity (Wildman–Crippen MR) is 87.5 cm³/mol. The van der Waals surface area contributed by atoms with Crippen LogP contribution in [0, 0.1) is 0 Å². The molecule has 2 aromatic heterocycles. The van der Waals surface area contributed by atoms with E-state index in [1.54, 1.807) is 12.3 Å². The molecule has 0 amide bonds. The van der Waals surface area contributed by atoms with Crippen molar-refractivity contribution in [3.63, 3.8) is 0 Å². The Morgan fingerprint density at radius 3 is 2.67 bits per heavy atom. The SMILES string of the molecule is ClCCc1nc2cc(Cl)c(Cl)cc2n1Cc1cccnc1. The lowest BCUT2D eigenvalue weighted by Crippen LogP contribution is -2.06. The van der Waals surface area contributed by atoms with Crippen LogP contribution >= 0.6 is 34.8 Å². The van der Waals surface area contributed by atoms with Gasteiger partial charge in [-0.25, -0.2) is 4.98 Å². The first-order valence-electron chi connectivity index (χ1n) is 6.48. The zero-order valence-electron chi connectivity index (χ0n) is 11.1. The van der Waals surface area contributed by atoms with Crippen molar-refractivity contribution in [3.05, 3.63) is 58.1 Å². The topological polar surface area (TPSA) is 30.7 Å². The molecule has 1 aromatic carbocycles. The van der Waals surface area contributed by atoms with Crippen molar-refractivity contribution < 1.29 is 0 Å². The second-order valence-corrected chi connectivity index (χ2v) is 5.86. The average molecular weight is 341 g/mol. The molecule has 0 N–H and O–H groups in total. The van der Waals surface area contributed by atoms with E-state index in [0.29, 0.717) is 28.9 Å². The molecule has 3 aromatic rings. The van der Waals surface area contributed by atoms with Gasteiger partial charge in [-0.05, 0) is 23.8 Å². The number of benzene rings is 1. The fourth-order valence-electron chi connectivity index (χ4n) is 2.30. The lowest BCUT2D eigenvalue weighted by Gasteiger charge is -2.08. The third-order valence-electron chi connectivity index (χ3n) is 3.25. The summed E-state index contributed by atoms with van der Waals surface area (Å²) in [5.74, 6) is 1.43. The molecule has 0 saturated carbocycles. The smallest absolute Gasteiger partial charge is 0.111 e. The number of aryl methyl sites for hydroxylation is 1. The molecule has 0 spiro atoms. The van der Waals surface area contributed by atoms with Gasteiger partial charge in [0.2, 0.25) is 0 Å². The maximum atomic E-state index is 6.14. The number of halogens is 3. The molecule has 0 aliphatic carbocycles. The number of alkyl halides is 1. The number of pyridine rings is 1. The molecular formula is C15H12Cl3N3. The van der Waals surface area contributed by atoms with E-state index in [-0.39, 0.29) is 0 Å². The van der Waals surface area contributed by atoms with Gasteiger partial charge in [0.25, 0.3) is 0 Å². The molecule has 0 aliphatic heterocycles. The van der Waals surface area contributed by atoms with E-state index in [2.05, 4.69) is 14.5 Å². The summed E-state index contributed by atoms with van der Waals surface area (Å²) in [6.07, 6.45) is 4.28. The lowest BCUT2D eigenvalue weighted by atomic mass is 10.2. The monoisotopic (exact) mass is 339 g/mol. The molecule has 0 saturated heterocycles. The van der Waals surface area contributed by atoms with E-state index in [9.17, 15) is 0 Å². The highest BCUT2D eigenvalue weighted by molar-refractivity contribution is 6.42. The summed E-state index contributed by atoms with van der Waals surface area (Å²) in [6, 6.07) is 7.58. The highest BCUT2D eigenvalue weighted by Crippen LogP contribution is 2.29. The lowest BCUT2D eigenvalue weighted by molar-refractivity contribution is 0.752. The molecule has 3 nitrogen and oxygen atoms in total. The molecule has 3 rings (SSSR count). The minimum atomic E-state index is 0.507. The van der Waals surface area contributed by atoms with Crippen LogP contribution in [-0.4, -0.2) is 20.4 Å². The van der Waals surface area contributed by atoms with Crippen molar-refractivity contribution in [3.8, 4) is 0 Å². The molecule has 0 unspecified atom stereocenters. The first-order chi connectivity index (χ1) is 10.2. The maximum absolute atomic E-state index is 6.14. The normalized spacial score (nSPS) is 11.2. The minimum absolute atomic E-state index is 0.507. The van der Waals surface area contributed by atoms with Crippen LogP contribution in [0.15, 0.2) is 36.7 Å². The quantitative estimate of drug-likeness (QED) is 0.651. The predicted octanol–water partition coefficient (Wildman–Crippen LogP) is 4.57. The molecule has 21 heavy (non-hydrogen) atoms. The molecule has 0 bridgehead atoms. The minimum Gasteiger partial charge on any atom is -0.323 e. The Kier molecular flexibility index (Phi) is 4.34. The van der Waals surface area contributed by atoms with Gasteiger partial charge in [-0.2, -0.15) is 0 Å². The Labute approximate surface area is 137 Å². The van der Waals surface area contributed by atoms with Crippen LogP contribution in [0.25, 0.3) is 11.0 Å². The molecule has 0 aliphatic rings. The highest BCUT2D eigenvalue weighted by Gasteiger charge is 2.13. The van der Waals surface area contributed by atoms with Gasteiger partial charge in [0.1, 0.15) is 5.82 Å². The Balaban J connectivity index is 2.13. The molecule has 0 fully saturated rings. The van der Waals surface area contributed by atoms with Crippen LogP contribution in [0.1, 0.15) is 11.4 Å². The summed E-state index contributed by atoms with van der Waals surface area (Å²) in [6.45, 7) is 0.675. The van der Waals surface area contributed by atoms with E-state index >= 15 is 0 Å². The average Bonchev–Trinajstić information content (AvgIpc) is 2.79. The Morgan fingerprint density at radius 1 is 1.14 bits per heavy atom. The van der Waals surface area contributed by atoms with Crippen molar-refractivity contribution in [1.29, 1.82) is 0 Å². The Hall–Kier alpha value is -1.29. The summed E-state index contributed by atoms with van der Waals surface area (Å²) in [7, 11) is 0. The number of nitrogens with zero attached hydrogens (tertiary/aromatic N) is 3. The zero-order chi connectivity index (χ0) is 14.8. The summed E-state index contributed by atoms with van der Waals surface area (Å²) in [5.41, 5.74) is 2.88. The first kappa shape index (κ1) is 14.6. The van der Waals surface area contributed by atoms with Gasteiger partial charge < -0.3 is 4.57 Å². The van der Waals surface area contributed by atoms with E-state index in [4.69, 9.17) is 34.8 Å². The molecule has 6 heteroatoms. The fourth-order valence-corrected chi connectivity index (χ4v) is 2.78. The molecule has 2 heterocycles. The number of hydrogen-bond acceptors (Lipinski definition) is 2. The van der Waals surface area contributed by atoms with Gasteiger partial charge in [-0.3, -0.25) is 4.98 Å². The standard InChI is InChI=1S/C15H12Cl3N3/c16-4-3-15-20-13-6-11(17)12(18)7-14(13)21(15)9-10-2-1-5-19-8-10/h1-2,5-8H,3-4,9H2. The summed E-state index contributed by atoms with van der Waals surface area (Å²) < 4.78 is 2.11. The zero-order valence-corrected chi connectivity index (χ0v) is 13.3. The van der Waals surface area contributed by atoms with Crippen molar-refractivity contribution in [2.24, 2.45) is 0 Å². The number of hydrogen-bond donors (Lipinski definition) is 0. The van der Waals surface area contributed by atoms with E-state index in [1.165, 1.54) is 0 Å². The number of fused-ring (bicyclic) bond motifs is 1. The van der Waals surface area contributed by atoms with E-state index in [1.807, 2.05) is 24.4 Å². The van der Waals surface area contributed by atoms with Crippen LogP contribution in [0.4, 0.5) is 0 Å². The van der Waals surface area contributed by atoms with E-state index in [0.717, 1.165) is 22.4 Å². The van der Waals surface area contributed by atoms with Crippen molar-refractivity contribution in [2.75, 3.05) is 5.88 Å². The third kappa shape index (κ3) is 3.00. The first-order valence-corrected chi connectivity index (χ1v) is 7.77. The number of imidazole rings is 1. The van der Waals surface area contributed by atoms with Gasteiger partial charge in [0, 0.05) is 24.7 Å². The second-order valence-electron chi connectivity index (χ2n) is 4.67. The summed E-state index contributed by atoms with van der Waals surface area (Å²) in [5, 5.41) is 1.03. The number of rotatable bonds is 4.